The summed E-state index contributed by atoms with van der Waals surface area (Å²) in [7, 11) is 1.50. The molecule has 5 atom stereocenters. The van der Waals surface area contributed by atoms with E-state index in [1.54, 1.807) is 13.0 Å². The van der Waals surface area contributed by atoms with Gasteiger partial charge in [0.1, 0.15) is 6.07 Å². The van der Waals surface area contributed by atoms with E-state index >= 15 is 0 Å². The topological polar surface area (TPSA) is 84.2 Å². The van der Waals surface area contributed by atoms with Crippen LogP contribution < -0.4 is 0 Å². The van der Waals surface area contributed by atoms with Crippen molar-refractivity contribution in [1.29, 1.82) is 5.26 Å². The lowest BCUT2D eigenvalue weighted by Crippen LogP contribution is -2.56. The summed E-state index contributed by atoms with van der Waals surface area (Å²) >= 11 is 0. The Morgan fingerprint density at radius 1 is 1.13 bits per heavy atom. The molecule has 3 aliphatic carbocycles. The minimum Gasteiger partial charge on any atom is -0.469 e. The Morgan fingerprint density at radius 2 is 1.74 bits per heavy atom. The Kier molecular flexibility index (Phi) is 8.03. The van der Waals surface area contributed by atoms with E-state index in [0.29, 0.717) is 0 Å². The average molecular weight is 538 g/mol. The van der Waals surface area contributed by atoms with Crippen LogP contribution in [0.25, 0.3) is 0 Å². The number of carbonyl (C=O) groups is 3. The predicted octanol–water partition coefficient (Wildman–Crippen LogP) is 7.80. The number of rotatable bonds is 6. The highest BCUT2D eigenvalue weighted by molar-refractivity contribution is 6.04. The Balaban J connectivity index is 2.08. The van der Waals surface area contributed by atoms with Crippen molar-refractivity contribution in [2.24, 2.45) is 44.3 Å². The van der Waals surface area contributed by atoms with Crippen molar-refractivity contribution in [3.63, 3.8) is 0 Å². The van der Waals surface area contributed by atoms with Gasteiger partial charge in [0.2, 0.25) is 0 Å². The number of ether oxygens (including phenoxy) is 1. The second-order valence-electron chi connectivity index (χ2n) is 15.4. The number of carbonyl (C=O) groups excluding carboxylic acids is 3. The van der Waals surface area contributed by atoms with Gasteiger partial charge in [-0.25, -0.2) is 0 Å². The van der Waals surface area contributed by atoms with E-state index in [-0.39, 0.29) is 51.2 Å². The maximum atomic E-state index is 13.4. The molecule has 0 aromatic rings. The molecule has 0 aromatic heterocycles. The van der Waals surface area contributed by atoms with Gasteiger partial charge in [0.15, 0.2) is 11.6 Å². The summed E-state index contributed by atoms with van der Waals surface area (Å²) in [6, 6.07) is 2.16. The third-order valence-corrected chi connectivity index (χ3v) is 11.8. The third-order valence-electron chi connectivity index (χ3n) is 11.8. The van der Waals surface area contributed by atoms with E-state index in [0.717, 1.165) is 50.5 Å². The van der Waals surface area contributed by atoms with Crippen LogP contribution in [0.4, 0.5) is 0 Å². The summed E-state index contributed by atoms with van der Waals surface area (Å²) in [5.74, 6) is -0.0256. The second kappa shape index (κ2) is 10.0. The van der Waals surface area contributed by atoms with Gasteiger partial charge in [0, 0.05) is 10.8 Å². The van der Waals surface area contributed by atoms with E-state index in [1.807, 2.05) is 19.9 Å². The highest BCUT2D eigenvalue weighted by Gasteiger charge is 2.61. The second-order valence-corrected chi connectivity index (χ2v) is 15.4. The van der Waals surface area contributed by atoms with Gasteiger partial charge in [0.05, 0.1) is 18.1 Å². The first-order valence-electron chi connectivity index (χ1n) is 14.7. The minimum atomic E-state index is -0.699. The van der Waals surface area contributed by atoms with Crippen molar-refractivity contribution in [2.45, 2.75) is 114 Å². The van der Waals surface area contributed by atoms with E-state index in [9.17, 15) is 19.6 Å². The van der Waals surface area contributed by atoms with Gasteiger partial charge >= 0.3 is 5.97 Å². The third kappa shape index (κ3) is 4.95. The van der Waals surface area contributed by atoms with Crippen LogP contribution in [0.3, 0.4) is 0 Å². The van der Waals surface area contributed by atoms with Crippen molar-refractivity contribution >= 4 is 17.5 Å². The zero-order valence-corrected chi connectivity index (χ0v) is 26.3. The molecule has 0 saturated heterocycles. The van der Waals surface area contributed by atoms with Gasteiger partial charge in [-0.3, -0.25) is 14.4 Å². The first-order chi connectivity index (χ1) is 17.7. The van der Waals surface area contributed by atoms with E-state index in [4.69, 9.17) is 4.74 Å². The number of hydrogen-bond acceptors (Lipinski definition) is 5. The summed E-state index contributed by atoms with van der Waals surface area (Å²) in [4.78, 5) is 39.3. The monoisotopic (exact) mass is 537 g/mol. The average Bonchev–Trinajstić information content (AvgIpc) is 2.82. The summed E-state index contributed by atoms with van der Waals surface area (Å²) in [5.41, 5.74) is -1.03. The summed E-state index contributed by atoms with van der Waals surface area (Å²) in [5, 5.41) is 9.88. The van der Waals surface area contributed by atoms with Crippen LogP contribution in [0, 0.1) is 55.7 Å². The first-order valence-corrected chi connectivity index (χ1v) is 14.7. The lowest BCUT2D eigenvalue weighted by atomic mass is 9.42. The molecule has 5 nitrogen and oxygen atoms in total. The molecule has 5 heteroatoms. The molecule has 2 saturated carbocycles. The SMILES string of the molecule is COC(=O)[C@]1(CCC(C)(C)[C@]2(C)CC[C@H]3C(C)(C)C(=O)C(C#N)=C[C@]3(C)/C2=C/C(C)=O)CCC(C)(C)CC1C. The van der Waals surface area contributed by atoms with Crippen LogP contribution >= 0.6 is 0 Å². The fraction of sp³-hybridized carbons (Fsp3) is 0.765. The van der Waals surface area contributed by atoms with Gasteiger partial charge in [-0.05, 0) is 86.0 Å². The molecular weight excluding hydrogens is 486 g/mol. The van der Waals surface area contributed by atoms with Crippen LogP contribution in [0.2, 0.25) is 0 Å². The summed E-state index contributed by atoms with van der Waals surface area (Å²) in [6.07, 6.45) is 9.63. The number of Topliss-reactive ketones (excluding diaryl/α,β-unsaturated/α-hetero) is 1. The number of nitrogens with zero attached hydrogens (tertiary/aromatic N) is 1. The molecule has 0 N–H and O–H groups in total. The Bertz CT molecular complexity index is 1150. The zero-order valence-electron chi connectivity index (χ0n) is 26.3. The number of hydrogen-bond donors (Lipinski definition) is 0. The van der Waals surface area contributed by atoms with Crippen molar-refractivity contribution in [1.82, 2.24) is 0 Å². The molecule has 0 radical (unpaired) electrons. The first kappa shape index (κ1) is 31.3. The van der Waals surface area contributed by atoms with Crippen LogP contribution in [-0.4, -0.2) is 24.6 Å². The Morgan fingerprint density at radius 3 is 2.26 bits per heavy atom. The lowest BCUT2D eigenvalue weighted by molar-refractivity contribution is -0.162. The van der Waals surface area contributed by atoms with Crippen molar-refractivity contribution in [3.05, 3.63) is 23.3 Å². The smallest absolute Gasteiger partial charge is 0.312 e. The van der Waals surface area contributed by atoms with E-state index < -0.39 is 16.2 Å². The van der Waals surface area contributed by atoms with Gasteiger partial charge < -0.3 is 4.74 Å². The molecule has 0 amide bonds. The van der Waals surface area contributed by atoms with Crippen molar-refractivity contribution in [3.8, 4) is 6.07 Å². The van der Waals surface area contributed by atoms with Crippen LogP contribution in [0.15, 0.2) is 23.3 Å². The lowest BCUT2D eigenvalue weighted by Gasteiger charge is -2.61. The molecule has 216 valence electrons. The van der Waals surface area contributed by atoms with Gasteiger partial charge in [-0.2, -0.15) is 5.26 Å². The molecule has 0 aliphatic heterocycles. The highest BCUT2D eigenvalue weighted by Crippen LogP contribution is 2.67. The van der Waals surface area contributed by atoms with Gasteiger partial charge in [-0.15, -0.1) is 0 Å². The van der Waals surface area contributed by atoms with Crippen LogP contribution in [0.5, 0.6) is 0 Å². The quantitative estimate of drug-likeness (QED) is 0.255. The predicted molar refractivity (Wildman–Crippen MR) is 154 cm³/mol. The number of methoxy groups -OCH3 is 1. The molecule has 3 aliphatic rings. The standard InChI is InChI=1S/C34H51NO4/c1-22-19-29(3,4)14-16-34(22,28(38)39-11)17-15-30(5,6)33(10)13-12-25-31(7,8)27(37)24(21-35)20-32(25,9)26(33)18-23(2)36/h18,20,22,25H,12-17,19H2,1-11H3/b26-18-/t22?,25-,32-,33+,34-/m0/s1. The maximum Gasteiger partial charge on any atom is 0.312 e. The molecular formula is C34H51NO4. The zero-order chi connectivity index (χ0) is 29.8. The number of ketones is 2. The molecule has 2 fully saturated rings. The van der Waals surface area contributed by atoms with E-state index in [2.05, 4.69) is 54.5 Å². The van der Waals surface area contributed by atoms with Gasteiger partial charge in [-0.1, -0.05) is 74.0 Å². The van der Waals surface area contributed by atoms with Crippen LogP contribution in [0.1, 0.15) is 114 Å². The molecule has 39 heavy (non-hydrogen) atoms. The normalized spacial score (nSPS) is 36.9. The largest absolute Gasteiger partial charge is 0.469 e. The molecule has 0 heterocycles. The molecule has 0 aromatic carbocycles. The van der Waals surface area contributed by atoms with E-state index in [1.165, 1.54) is 7.11 Å². The molecule has 1 unspecified atom stereocenters. The number of esters is 1. The number of nitriles is 1. The molecule has 0 bridgehead atoms. The van der Waals surface area contributed by atoms with Crippen molar-refractivity contribution < 1.29 is 19.1 Å². The summed E-state index contributed by atoms with van der Waals surface area (Å²) < 4.78 is 5.42. The van der Waals surface area contributed by atoms with Crippen molar-refractivity contribution in [2.75, 3.05) is 7.11 Å². The molecule has 3 rings (SSSR count). The maximum absolute atomic E-state index is 13.4. The number of allylic oxidation sites excluding steroid dienone is 4. The Hall–Kier alpha value is -2.22. The van der Waals surface area contributed by atoms with Gasteiger partial charge in [0.25, 0.3) is 0 Å². The Labute approximate surface area is 236 Å². The minimum absolute atomic E-state index is 0.00826. The summed E-state index contributed by atoms with van der Waals surface area (Å²) in [6.45, 7) is 21.2. The fourth-order valence-electron chi connectivity index (χ4n) is 8.84. The van der Waals surface area contributed by atoms with Crippen LogP contribution in [-0.2, 0) is 19.1 Å². The number of fused-ring (bicyclic) bond motifs is 1. The highest BCUT2D eigenvalue weighted by atomic mass is 16.5. The fourth-order valence-corrected chi connectivity index (χ4v) is 8.84. The molecule has 0 spiro atoms.